The number of aliphatic imine (C=N–C) groups is 1. The topological polar surface area (TPSA) is 45.7 Å². The van der Waals surface area contributed by atoms with Gasteiger partial charge in [0, 0.05) is 13.1 Å². The van der Waals surface area contributed by atoms with Crippen LogP contribution in [0.1, 0.15) is 24.5 Å². The number of hydrogen-bond acceptors (Lipinski definition) is 2. The van der Waals surface area contributed by atoms with Gasteiger partial charge in [-0.15, -0.1) is 24.0 Å². The zero-order valence-corrected chi connectivity index (χ0v) is 18.0. The molecule has 2 aromatic carbocycles. The Morgan fingerprint density at radius 1 is 1.00 bits per heavy atom. The third-order valence-corrected chi connectivity index (χ3v) is 3.60. The number of nitrogens with zero attached hydrogens (tertiary/aromatic N) is 1. The van der Waals surface area contributed by atoms with Crippen LogP contribution in [0.5, 0.6) is 5.75 Å². The van der Waals surface area contributed by atoms with E-state index in [9.17, 15) is 13.2 Å². The van der Waals surface area contributed by atoms with Gasteiger partial charge in [-0.3, -0.25) is 0 Å². The van der Waals surface area contributed by atoms with Crippen molar-refractivity contribution < 1.29 is 17.9 Å². The summed E-state index contributed by atoms with van der Waals surface area (Å²) in [6.07, 6.45) is -5.08. The monoisotopic (exact) mass is 507 g/mol. The van der Waals surface area contributed by atoms with Gasteiger partial charge in [0.2, 0.25) is 0 Å². The Labute approximate surface area is 180 Å². The maximum Gasteiger partial charge on any atom is 0.390 e. The summed E-state index contributed by atoms with van der Waals surface area (Å²) in [5.74, 6) is 1.16. The summed E-state index contributed by atoms with van der Waals surface area (Å²) >= 11 is 0. The van der Waals surface area contributed by atoms with Gasteiger partial charge in [0.1, 0.15) is 12.4 Å². The molecule has 0 aliphatic rings. The summed E-state index contributed by atoms with van der Waals surface area (Å²) in [5.41, 5.74) is 1.96. The number of ether oxygens (including phenoxy) is 1. The summed E-state index contributed by atoms with van der Waals surface area (Å²) < 4.78 is 42.5. The first-order chi connectivity index (χ1) is 13.0. The lowest BCUT2D eigenvalue weighted by Gasteiger charge is -2.12. The first-order valence-electron chi connectivity index (χ1n) is 8.81. The minimum atomic E-state index is -4.18. The van der Waals surface area contributed by atoms with Crippen molar-refractivity contribution in [1.29, 1.82) is 0 Å². The average molecular weight is 507 g/mol. The molecule has 0 bridgehead atoms. The van der Waals surface area contributed by atoms with Gasteiger partial charge in [0.25, 0.3) is 0 Å². The van der Waals surface area contributed by atoms with Crippen molar-refractivity contribution in [2.24, 2.45) is 4.99 Å². The predicted octanol–water partition coefficient (Wildman–Crippen LogP) is 4.89. The van der Waals surface area contributed by atoms with Crippen LogP contribution in [0, 0.1) is 0 Å². The standard InChI is InChI=1S/C20H24F3N3O.HI/c1-2-24-19(25-12-11-20(21,22)23)26-14-16-7-6-8-17(13-16)15-27-18-9-4-3-5-10-18;/h3-10,13H,2,11-12,14-15H2,1H3,(H2,24,25,26);1H. The van der Waals surface area contributed by atoms with Crippen LogP contribution in [-0.4, -0.2) is 25.2 Å². The maximum atomic E-state index is 12.3. The molecule has 2 N–H and O–H groups in total. The number of para-hydroxylation sites is 1. The van der Waals surface area contributed by atoms with E-state index in [4.69, 9.17) is 4.74 Å². The molecule has 2 aromatic rings. The molecule has 0 amide bonds. The van der Waals surface area contributed by atoms with Gasteiger partial charge in [-0.2, -0.15) is 13.2 Å². The summed E-state index contributed by atoms with van der Waals surface area (Å²) in [7, 11) is 0. The number of alkyl halides is 3. The Hall–Kier alpha value is -1.97. The number of nitrogens with one attached hydrogen (secondary N) is 2. The lowest BCUT2D eigenvalue weighted by molar-refractivity contribution is -0.132. The van der Waals surface area contributed by atoms with Gasteiger partial charge in [0.05, 0.1) is 13.0 Å². The minimum Gasteiger partial charge on any atom is -0.489 e. The van der Waals surface area contributed by atoms with Crippen molar-refractivity contribution in [2.75, 3.05) is 13.1 Å². The molecule has 0 fully saturated rings. The van der Waals surface area contributed by atoms with Crippen molar-refractivity contribution in [3.05, 3.63) is 65.7 Å². The Bertz CT molecular complexity index is 724. The quantitative estimate of drug-likeness (QED) is 0.304. The second-order valence-electron chi connectivity index (χ2n) is 5.91. The van der Waals surface area contributed by atoms with Crippen molar-refractivity contribution >= 4 is 29.9 Å². The molecule has 154 valence electrons. The summed E-state index contributed by atoms with van der Waals surface area (Å²) in [6.45, 7) is 3.03. The van der Waals surface area contributed by atoms with Crippen LogP contribution in [0.4, 0.5) is 13.2 Å². The van der Waals surface area contributed by atoms with E-state index in [1.807, 2.05) is 61.5 Å². The van der Waals surface area contributed by atoms with E-state index in [2.05, 4.69) is 15.6 Å². The Kier molecular flexibility index (Phi) is 10.7. The zero-order valence-electron chi connectivity index (χ0n) is 15.6. The minimum absolute atomic E-state index is 0. The molecule has 0 saturated carbocycles. The summed E-state index contributed by atoms with van der Waals surface area (Å²) in [6, 6.07) is 17.3. The van der Waals surface area contributed by atoms with Gasteiger partial charge in [-0.1, -0.05) is 42.5 Å². The highest BCUT2D eigenvalue weighted by Gasteiger charge is 2.26. The number of benzene rings is 2. The zero-order chi connectivity index (χ0) is 19.5. The Balaban J connectivity index is 0.00000392. The van der Waals surface area contributed by atoms with E-state index in [1.165, 1.54) is 0 Å². The van der Waals surface area contributed by atoms with Gasteiger partial charge in [-0.25, -0.2) is 4.99 Å². The smallest absolute Gasteiger partial charge is 0.390 e. The molecule has 0 aliphatic carbocycles. The molecule has 0 heterocycles. The largest absolute Gasteiger partial charge is 0.489 e. The first kappa shape index (κ1) is 24.1. The van der Waals surface area contributed by atoms with Gasteiger partial charge < -0.3 is 15.4 Å². The van der Waals surface area contributed by atoms with Gasteiger partial charge in [-0.05, 0) is 30.2 Å². The highest BCUT2D eigenvalue weighted by atomic mass is 127. The Morgan fingerprint density at radius 2 is 1.71 bits per heavy atom. The highest BCUT2D eigenvalue weighted by Crippen LogP contribution is 2.18. The molecule has 0 aliphatic heterocycles. The lowest BCUT2D eigenvalue weighted by atomic mass is 10.1. The second-order valence-corrected chi connectivity index (χ2v) is 5.91. The molecule has 0 aromatic heterocycles. The fraction of sp³-hybridized carbons (Fsp3) is 0.350. The molecular formula is C20H25F3IN3O. The molecule has 0 radical (unpaired) electrons. The first-order valence-corrected chi connectivity index (χ1v) is 8.81. The fourth-order valence-corrected chi connectivity index (χ4v) is 2.34. The normalized spacial score (nSPS) is 11.5. The molecule has 0 unspecified atom stereocenters. The number of halogens is 4. The van der Waals surface area contributed by atoms with Crippen molar-refractivity contribution in [2.45, 2.75) is 32.7 Å². The van der Waals surface area contributed by atoms with E-state index < -0.39 is 12.6 Å². The van der Waals surface area contributed by atoms with Crippen LogP contribution < -0.4 is 15.4 Å². The molecule has 2 rings (SSSR count). The van der Waals surface area contributed by atoms with Crippen LogP contribution >= 0.6 is 24.0 Å². The number of rotatable bonds is 8. The SMILES string of the molecule is CCNC(=NCc1cccc(COc2ccccc2)c1)NCCC(F)(F)F.I. The average Bonchev–Trinajstić information content (AvgIpc) is 2.65. The van der Waals surface area contributed by atoms with Crippen LogP contribution in [0.15, 0.2) is 59.6 Å². The van der Waals surface area contributed by atoms with Crippen molar-refractivity contribution in [3.8, 4) is 5.75 Å². The molecule has 4 nitrogen and oxygen atoms in total. The predicted molar refractivity (Wildman–Crippen MR) is 116 cm³/mol. The molecule has 8 heteroatoms. The maximum absolute atomic E-state index is 12.3. The van der Waals surface area contributed by atoms with E-state index in [0.717, 1.165) is 16.9 Å². The molecule has 0 saturated heterocycles. The van der Waals surface area contributed by atoms with Crippen molar-refractivity contribution in [3.63, 3.8) is 0 Å². The summed E-state index contributed by atoms with van der Waals surface area (Å²) in [5, 5.41) is 5.65. The van der Waals surface area contributed by atoms with E-state index >= 15 is 0 Å². The van der Waals surface area contributed by atoms with Crippen LogP contribution in [-0.2, 0) is 13.2 Å². The molecule has 28 heavy (non-hydrogen) atoms. The van der Waals surface area contributed by atoms with E-state index in [-0.39, 0.29) is 30.5 Å². The highest BCUT2D eigenvalue weighted by molar-refractivity contribution is 14.0. The fourth-order valence-electron chi connectivity index (χ4n) is 2.34. The van der Waals surface area contributed by atoms with Gasteiger partial charge in [0.15, 0.2) is 5.96 Å². The van der Waals surface area contributed by atoms with E-state index in [1.54, 1.807) is 0 Å². The Morgan fingerprint density at radius 3 is 2.39 bits per heavy atom. The van der Waals surface area contributed by atoms with E-state index in [0.29, 0.717) is 25.7 Å². The van der Waals surface area contributed by atoms with Crippen LogP contribution in [0.3, 0.4) is 0 Å². The molecular weight excluding hydrogens is 482 g/mol. The number of guanidine groups is 1. The third kappa shape index (κ3) is 9.82. The van der Waals surface area contributed by atoms with Crippen LogP contribution in [0.25, 0.3) is 0 Å². The van der Waals surface area contributed by atoms with Crippen molar-refractivity contribution in [1.82, 2.24) is 10.6 Å². The van der Waals surface area contributed by atoms with Gasteiger partial charge >= 0.3 is 6.18 Å². The second kappa shape index (κ2) is 12.5. The van der Waals surface area contributed by atoms with Crippen LogP contribution in [0.2, 0.25) is 0 Å². The number of hydrogen-bond donors (Lipinski definition) is 2. The molecule has 0 spiro atoms. The summed E-state index contributed by atoms with van der Waals surface area (Å²) in [4.78, 5) is 4.35. The molecule has 0 atom stereocenters. The lowest BCUT2D eigenvalue weighted by Crippen LogP contribution is -2.38. The third-order valence-electron chi connectivity index (χ3n) is 3.60.